The van der Waals surface area contributed by atoms with E-state index in [4.69, 9.17) is 18.3 Å². The second kappa shape index (κ2) is 8.91. The van der Waals surface area contributed by atoms with Crippen LogP contribution in [0.1, 0.15) is 22.0 Å². The molecule has 4 rings (SSSR count). The molecule has 2 heterocycles. The summed E-state index contributed by atoms with van der Waals surface area (Å²) in [6.45, 7) is -0.131. The Balaban J connectivity index is 1.35. The molecule has 2 aromatic carbocycles. The number of hydrogen-bond acceptors (Lipinski definition) is 9. The number of carbonyl (C=O) groups excluding carboxylic acids is 1. The van der Waals surface area contributed by atoms with Crippen molar-refractivity contribution >= 4 is 11.7 Å². The van der Waals surface area contributed by atoms with Crippen LogP contribution in [0.4, 0.5) is 5.69 Å². The van der Waals surface area contributed by atoms with Crippen LogP contribution in [-0.2, 0) is 18.0 Å². The highest BCUT2D eigenvalue weighted by Gasteiger charge is 2.19. The molecule has 0 N–H and O–H groups in total. The number of nitrogens with zero attached hydrogens (tertiary/aromatic N) is 3. The SMILES string of the molecule is O=C(OCc1nnc(-c2ccc([N+](=O)[O-])cc2)o1)c1occc1COc1ccccc1. The first-order valence-corrected chi connectivity index (χ1v) is 9.08. The van der Waals surface area contributed by atoms with Crippen LogP contribution in [-0.4, -0.2) is 21.1 Å². The lowest BCUT2D eigenvalue weighted by atomic mass is 10.2. The molecule has 0 spiro atoms. The van der Waals surface area contributed by atoms with E-state index in [9.17, 15) is 14.9 Å². The molecule has 31 heavy (non-hydrogen) atoms. The Morgan fingerprint density at radius 3 is 2.52 bits per heavy atom. The first-order chi connectivity index (χ1) is 15.1. The fourth-order valence-corrected chi connectivity index (χ4v) is 2.65. The van der Waals surface area contributed by atoms with Gasteiger partial charge in [0.1, 0.15) is 12.4 Å². The number of carbonyl (C=O) groups is 1. The van der Waals surface area contributed by atoms with Gasteiger partial charge in [-0.15, -0.1) is 10.2 Å². The molecule has 0 radical (unpaired) electrons. The zero-order valence-electron chi connectivity index (χ0n) is 16.0. The summed E-state index contributed by atoms with van der Waals surface area (Å²) in [4.78, 5) is 22.6. The van der Waals surface area contributed by atoms with Crippen LogP contribution >= 0.6 is 0 Å². The number of rotatable bonds is 8. The van der Waals surface area contributed by atoms with E-state index in [0.29, 0.717) is 16.9 Å². The van der Waals surface area contributed by atoms with Crippen molar-refractivity contribution in [3.8, 4) is 17.2 Å². The molecular weight excluding hydrogens is 406 g/mol. The smallest absolute Gasteiger partial charge is 0.375 e. The van der Waals surface area contributed by atoms with Gasteiger partial charge in [0.25, 0.3) is 11.6 Å². The predicted molar refractivity (Wildman–Crippen MR) is 105 cm³/mol. The minimum Gasteiger partial charge on any atom is -0.489 e. The van der Waals surface area contributed by atoms with E-state index < -0.39 is 10.9 Å². The average Bonchev–Trinajstić information content (AvgIpc) is 3.46. The van der Waals surface area contributed by atoms with E-state index in [0.717, 1.165) is 0 Å². The van der Waals surface area contributed by atoms with Crippen molar-refractivity contribution in [2.45, 2.75) is 13.2 Å². The van der Waals surface area contributed by atoms with Crippen molar-refractivity contribution in [1.82, 2.24) is 10.2 Å². The third-order valence-corrected chi connectivity index (χ3v) is 4.19. The molecule has 0 atom stereocenters. The lowest BCUT2D eigenvalue weighted by Gasteiger charge is -2.06. The van der Waals surface area contributed by atoms with Gasteiger partial charge in [-0.3, -0.25) is 10.1 Å². The van der Waals surface area contributed by atoms with Gasteiger partial charge in [0, 0.05) is 23.3 Å². The van der Waals surface area contributed by atoms with E-state index in [2.05, 4.69) is 10.2 Å². The van der Waals surface area contributed by atoms with Crippen LogP contribution in [0.3, 0.4) is 0 Å². The standard InChI is InChI=1S/C21H15N3O7/c25-21(19-15(10-11-28-19)12-29-17-4-2-1-3-5-17)30-13-18-22-23-20(31-18)14-6-8-16(9-7-14)24(26)27/h1-11H,12-13H2. The van der Waals surface area contributed by atoms with E-state index in [1.165, 1.54) is 30.5 Å². The van der Waals surface area contributed by atoms with Crippen LogP contribution in [0.5, 0.6) is 5.75 Å². The molecule has 0 aliphatic carbocycles. The maximum atomic E-state index is 12.4. The summed E-state index contributed by atoms with van der Waals surface area (Å²) >= 11 is 0. The van der Waals surface area contributed by atoms with Crippen LogP contribution in [0.25, 0.3) is 11.5 Å². The molecular formula is C21H15N3O7. The van der Waals surface area contributed by atoms with Crippen molar-refractivity contribution in [2.24, 2.45) is 0 Å². The van der Waals surface area contributed by atoms with Crippen molar-refractivity contribution in [3.05, 3.63) is 94.3 Å². The Morgan fingerprint density at radius 1 is 1.00 bits per heavy atom. The number of nitro benzene ring substituents is 1. The molecule has 0 amide bonds. The Hall–Kier alpha value is -4.47. The molecule has 0 bridgehead atoms. The highest BCUT2D eigenvalue weighted by molar-refractivity contribution is 5.87. The van der Waals surface area contributed by atoms with Crippen molar-refractivity contribution < 1.29 is 28.0 Å². The molecule has 0 saturated carbocycles. The number of ether oxygens (including phenoxy) is 2. The highest BCUT2D eigenvalue weighted by atomic mass is 16.6. The number of furan rings is 1. The number of benzene rings is 2. The highest BCUT2D eigenvalue weighted by Crippen LogP contribution is 2.22. The van der Waals surface area contributed by atoms with E-state index in [-0.39, 0.29) is 36.4 Å². The Kier molecular flexibility index (Phi) is 5.70. The molecule has 10 nitrogen and oxygen atoms in total. The van der Waals surface area contributed by atoms with Crippen molar-refractivity contribution in [1.29, 1.82) is 0 Å². The Morgan fingerprint density at radius 2 is 1.77 bits per heavy atom. The van der Waals surface area contributed by atoms with Crippen LogP contribution in [0.2, 0.25) is 0 Å². The first-order valence-electron chi connectivity index (χ1n) is 9.08. The Labute approximate surface area is 175 Å². The topological polar surface area (TPSA) is 131 Å². The van der Waals surface area contributed by atoms with Gasteiger partial charge in [0.2, 0.25) is 11.7 Å². The largest absolute Gasteiger partial charge is 0.489 e. The fourth-order valence-electron chi connectivity index (χ4n) is 2.65. The fraction of sp³-hybridized carbons (Fsp3) is 0.0952. The molecule has 0 fully saturated rings. The second-order valence-corrected chi connectivity index (χ2v) is 6.26. The summed E-state index contributed by atoms with van der Waals surface area (Å²) in [7, 11) is 0. The maximum absolute atomic E-state index is 12.4. The number of hydrogen-bond donors (Lipinski definition) is 0. The summed E-state index contributed by atoms with van der Waals surface area (Å²) in [6, 6.07) is 16.4. The normalized spacial score (nSPS) is 10.6. The van der Waals surface area contributed by atoms with Crippen LogP contribution in [0.15, 0.2) is 75.8 Å². The summed E-state index contributed by atoms with van der Waals surface area (Å²) in [5.41, 5.74) is 0.982. The van der Waals surface area contributed by atoms with Gasteiger partial charge < -0.3 is 18.3 Å². The number of aromatic nitrogens is 2. The van der Waals surface area contributed by atoms with Gasteiger partial charge in [0.15, 0.2) is 6.61 Å². The van der Waals surface area contributed by atoms with Crippen LogP contribution < -0.4 is 4.74 Å². The van der Waals surface area contributed by atoms with Crippen LogP contribution in [0, 0.1) is 10.1 Å². The third kappa shape index (κ3) is 4.75. The van der Waals surface area contributed by atoms with E-state index in [1.807, 2.05) is 18.2 Å². The zero-order chi connectivity index (χ0) is 21.6. The molecule has 10 heteroatoms. The molecule has 2 aromatic heterocycles. The summed E-state index contributed by atoms with van der Waals surface area (Å²) in [5.74, 6) is 0.191. The summed E-state index contributed by atoms with van der Waals surface area (Å²) in [5, 5.41) is 18.4. The molecule has 156 valence electrons. The molecule has 0 unspecified atom stereocenters. The van der Waals surface area contributed by atoms with Gasteiger partial charge >= 0.3 is 5.97 Å². The lowest BCUT2D eigenvalue weighted by molar-refractivity contribution is -0.384. The van der Waals surface area contributed by atoms with Gasteiger partial charge in [0.05, 0.1) is 11.2 Å². The van der Waals surface area contributed by atoms with Gasteiger partial charge in [-0.2, -0.15) is 0 Å². The minimum absolute atomic E-state index is 0.0195. The predicted octanol–water partition coefficient (Wildman–Crippen LogP) is 4.17. The molecule has 0 saturated heterocycles. The number of para-hydroxylation sites is 1. The second-order valence-electron chi connectivity index (χ2n) is 6.26. The quantitative estimate of drug-likeness (QED) is 0.233. The first kappa shape index (κ1) is 19.8. The number of esters is 1. The van der Waals surface area contributed by atoms with Gasteiger partial charge in [-0.25, -0.2) is 4.79 Å². The van der Waals surface area contributed by atoms with Gasteiger partial charge in [-0.05, 0) is 30.3 Å². The lowest BCUT2D eigenvalue weighted by Crippen LogP contribution is -2.08. The third-order valence-electron chi connectivity index (χ3n) is 4.19. The van der Waals surface area contributed by atoms with Crippen molar-refractivity contribution in [2.75, 3.05) is 0 Å². The van der Waals surface area contributed by atoms with Gasteiger partial charge in [-0.1, -0.05) is 18.2 Å². The maximum Gasteiger partial charge on any atom is 0.375 e. The minimum atomic E-state index is -0.702. The zero-order valence-corrected chi connectivity index (χ0v) is 16.0. The Bertz CT molecular complexity index is 1180. The summed E-state index contributed by atoms with van der Waals surface area (Å²) in [6.07, 6.45) is 1.37. The number of non-ortho nitro benzene ring substituents is 1. The number of nitro groups is 1. The van der Waals surface area contributed by atoms with E-state index >= 15 is 0 Å². The van der Waals surface area contributed by atoms with E-state index in [1.54, 1.807) is 18.2 Å². The molecule has 4 aromatic rings. The molecule has 0 aliphatic heterocycles. The average molecular weight is 421 g/mol. The monoisotopic (exact) mass is 421 g/mol. The molecule has 0 aliphatic rings. The van der Waals surface area contributed by atoms with Crippen molar-refractivity contribution in [3.63, 3.8) is 0 Å². The summed E-state index contributed by atoms with van der Waals surface area (Å²) < 4.78 is 21.5.